The summed E-state index contributed by atoms with van der Waals surface area (Å²) in [5.41, 5.74) is 7.35. The SMILES string of the molecule is CNc1nccc(-c2ncc(C(=O)NC(CN)Cc3ccc(Cl)cc3Cl)s2)n1. The lowest BCUT2D eigenvalue weighted by Crippen LogP contribution is -2.41. The van der Waals surface area contributed by atoms with Crippen LogP contribution in [0, 0.1) is 0 Å². The number of rotatable bonds is 7. The van der Waals surface area contributed by atoms with E-state index in [0.29, 0.717) is 38.0 Å². The van der Waals surface area contributed by atoms with Crippen LogP contribution in [0.5, 0.6) is 0 Å². The zero-order valence-corrected chi connectivity index (χ0v) is 17.3. The van der Waals surface area contributed by atoms with Crippen LogP contribution in [0.1, 0.15) is 15.2 Å². The number of carbonyl (C=O) groups is 1. The summed E-state index contributed by atoms with van der Waals surface area (Å²) >= 11 is 13.4. The van der Waals surface area contributed by atoms with Gasteiger partial charge in [-0.25, -0.2) is 15.0 Å². The Balaban J connectivity index is 1.70. The molecule has 2 aromatic heterocycles. The molecule has 1 atom stereocenters. The minimum Gasteiger partial charge on any atom is -0.357 e. The molecule has 0 aliphatic carbocycles. The van der Waals surface area contributed by atoms with Gasteiger partial charge >= 0.3 is 0 Å². The van der Waals surface area contributed by atoms with Crippen LogP contribution in [-0.4, -0.2) is 40.5 Å². The van der Waals surface area contributed by atoms with Crippen LogP contribution in [0.3, 0.4) is 0 Å². The van der Waals surface area contributed by atoms with E-state index >= 15 is 0 Å². The Kier molecular flexibility index (Phi) is 6.79. The molecule has 0 aliphatic rings. The first-order chi connectivity index (χ1) is 13.5. The molecule has 1 unspecified atom stereocenters. The number of hydrogen-bond acceptors (Lipinski definition) is 7. The lowest BCUT2D eigenvalue weighted by Gasteiger charge is -2.17. The molecule has 0 radical (unpaired) electrons. The van der Waals surface area contributed by atoms with Crippen LogP contribution >= 0.6 is 34.5 Å². The average Bonchev–Trinajstić information content (AvgIpc) is 3.19. The molecule has 1 amide bonds. The summed E-state index contributed by atoms with van der Waals surface area (Å²) in [6.07, 6.45) is 3.66. The molecule has 0 spiro atoms. The molecular weight excluding hydrogens is 419 g/mol. The van der Waals surface area contributed by atoms with E-state index in [-0.39, 0.29) is 18.5 Å². The predicted molar refractivity (Wildman–Crippen MR) is 113 cm³/mol. The van der Waals surface area contributed by atoms with Crippen LogP contribution in [0.4, 0.5) is 5.95 Å². The Hall–Kier alpha value is -2.26. The summed E-state index contributed by atoms with van der Waals surface area (Å²) in [4.78, 5) is 25.8. The molecule has 3 aromatic rings. The van der Waals surface area contributed by atoms with Gasteiger partial charge in [-0.05, 0) is 30.2 Å². The lowest BCUT2D eigenvalue weighted by molar-refractivity contribution is 0.0942. The van der Waals surface area contributed by atoms with Gasteiger partial charge in [0.25, 0.3) is 5.91 Å². The molecule has 0 saturated carbocycles. The van der Waals surface area contributed by atoms with Crippen LogP contribution in [0.25, 0.3) is 10.7 Å². The Labute approximate surface area is 176 Å². The Morgan fingerprint density at radius 2 is 2.11 bits per heavy atom. The van der Waals surface area contributed by atoms with Crippen molar-refractivity contribution in [3.63, 3.8) is 0 Å². The summed E-state index contributed by atoms with van der Waals surface area (Å²) in [5, 5.41) is 7.54. The first-order valence-electron chi connectivity index (χ1n) is 8.42. The standard InChI is InChI=1S/C18H18Cl2N6OS/c1-22-18-23-5-4-14(26-18)17-24-9-15(28-17)16(27)25-12(8-21)6-10-2-3-11(19)7-13(10)20/h2-5,7,9,12H,6,8,21H2,1H3,(H,25,27)(H,22,23,26). The molecule has 0 aliphatic heterocycles. The highest BCUT2D eigenvalue weighted by Gasteiger charge is 2.18. The number of benzene rings is 1. The fourth-order valence-corrected chi connectivity index (χ4v) is 3.77. The number of aromatic nitrogens is 3. The zero-order valence-electron chi connectivity index (χ0n) is 14.9. The number of carbonyl (C=O) groups excluding carboxylic acids is 1. The molecule has 28 heavy (non-hydrogen) atoms. The number of nitrogens with one attached hydrogen (secondary N) is 2. The number of halogens is 2. The van der Waals surface area contributed by atoms with Gasteiger partial charge in [0.05, 0.1) is 6.20 Å². The molecular formula is C18H18Cl2N6OS. The highest BCUT2D eigenvalue weighted by atomic mass is 35.5. The van der Waals surface area contributed by atoms with Gasteiger partial charge in [-0.3, -0.25) is 4.79 Å². The van der Waals surface area contributed by atoms with Crippen molar-refractivity contribution in [1.82, 2.24) is 20.3 Å². The van der Waals surface area contributed by atoms with E-state index in [1.807, 2.05) is 6.07 Å². The lowest BCUT2D eigenvalue weighted by atomic mass is 10.1. The number of nitrogens with two attached hydrogens (primary N) is 1. The minimum absolute atomic E-state index is 0.243. The third kappa shape index (κ3) is 4.96. The van der Waals surface area contributed by atoms with E-state index in [1.165, 1.54) is 17.5 Å². The van der Waals surface area contributed by atoms with Crippen LogP contribution in [0.15, 0.2) is 36.7 Å². The second kappa shape index (κ2) is 9.29. The first kappa shape index (κ1) is 20.5. The van der Waals surface area contributed by atoms with Gasteiger partial charge in [0.2, 0.25) is 5.95 Å². The fourth-order valence-electron chi connectivity index (χ4n) is 2.50. The quantitative estimate of drug-likeness (QED) is 0.524. The van der Waals surface area contributed by atoms with Crippen molar-refractivity contribution in [2.45, 2.75) is 12.5 Å². The molecule has 2 heterocycles. The van der Waals surface area contributed by atoms with Gasteiger partial charge in [-0.15, -0.1) is 11.3 Å². The molecule has 146 valence electrons. The zero-order chi connectivity index (χ0) is 20.1. The second-order valence-corrected chi connectivity index (χ2v) is 7.77. The Bertz CT molecular complexity index is 980. The van der Waals surface area contributed by atoms with Crippen molar-refractivity contribution in [3.8, 4) is 10.7 Å². The number of hydrogen-bond donors (Lipinski definition) is 3. The maximum atomic E-state index is 12.6. The van der Waals surface area contributed by atoms with Crippen molar-refractivity contribution in [2.24, 2.45) is 5.73 Å². The maximum Gasteiger partial charge on any atom is 0.263 e. The molecule has 0 fully saturated rings. The minimum atomic E-state index is -0.272. The van der Waals surface area contributed by atoms with E-state index in [1.54, 1.807) is 31.4 Å². The van der Waals surface area contributed by atoms with E-state index in [9.17, 15) is 4.79 Å². The molecule has 1 aromatic carbocycles. The van der Waals surface area contributed by atoms with Crippen molar-refractivity contribution < 1.29 is 4.79 Å². The summed E-state index contributed by atoms with van der Waals surface area (Å²) in [6, 6.07) is 6.73. The molecule has 0 saturated heterocycles. The normalized spacial score (nSPS) is 11.9. The van der Waals surface area contributed by atoms with Gasteiger partial charge in [0, 0.05) is 35.9 Å². The Morgan fingerprint density at radius 1 is 1.29 bits per heavy atom. The number of anilines is 1. The second-order valence-electron chi connectivity index (χ2n) is 5.89. The van der Waals surface area contributed by atoms with Gasteiger partial charge in [0.1, 0.15) is 15.6 Å². The molecule has 10 heteroatoms. The fraction of sp³-hybridized carbons (Fsp3) is 0.222. The average molecular weight is 437 g/mol. The van der Waals surface area contributed by atoms with E-state index in [2.05, 4.69) is 25.6 Å². The van der Waals surface area contributed by atoms with Crippen LogP contribution in [0.2, 0.25) is 10.0 Å². The molecule has 3 rings (SSSR count). The topological polar surface area (TPSA) is 106 Å². The van der Waals surface area contributed by atoms with Crippen LogP contribution in [-0.2, 0) is 6.42 Å². The molecule has 0 bridgehead atoms. The van der Waals surface area contributed by atoms with Gasteiger partial charge in [-0.2, -0.15) is 0 Å². The predicted octanol–water partition coefficient (Wildman–Crippen LogP) is 3.25. The summed E-state index contributed by atoms with van der Waals surface area (Å²) in [5.74, 6) is 0.244. The van der Waals surface area contributed by atoms with Gasteiger partial charge in [-0.1, -0.05) is 29.3 Å². The smallest absolute Gasteiger partial charge is 0.263 e. The van der Waals surface area contributed by atoms with Crippen LogP contribution < -0.4 is 16.4 Å². The van der Waals surface area contributed by atoms with Crippen molar-refractivity contribution in [2.75, 3.05) is 18.9 Å². The number of thiazole rings is 1. The van der Waals surface area contributed by atoms with E-state index < -0.39 is 0 Å². The third-order valence-corrected chi connectivity index (χ3v) is 5.53. The Morgan fingerprint density at radius 3 is 2.82 bits per heavy atom. The van der Waals surface area contributed by atoms with Crippen molar-refractivity contribution >= 4 is 46.4 Å². The van der Waals surface area contributed by atoms with E-state index in [4.69, 9.17) is 28.9 Å². The van der Waals surface area contributed by atoms with Gasteiger partial charge in [0.15, 0.2) is 0 Å². The summed E-state index contributed by atoms with van der Waals surface area (Å²) in [6.45, 7) is 0.272. The van der Waals surface area contributed by atoms with E-state index in [0.717, 1.165) is 5.56 Å². The number of nitrogens with zero attached hydrogens (tertiary/aromatic N) is 3. The summed E-state index contributed by atoms with van der Waals surface area (Å²) in [7, 11) is 1.74. The number of amides is 1. The largest absolute Gasteiger partial charge is 0.357 e. The molecule has 7 nitrogen and oxygen atoms in total. The highest BCUT2D eigenvalue weighted by molar-refractivity contribution is 7.16. The monoisotopic (exact) mass is 436 g/mol. The maximum absolute atomic E-state index is 12.6. The third-order valence-electron chi connectivity index (χ3n) is 3.93. The molecule has 4 N–H and O–H groups in total. The van der Waals surface area contributed by atoms with Crippen molar-refractivity contribution in [1.29, 1.82) is 0 Å². The van der Waals surface area contributed by atoms with Gasteiger partial charge < -0.3 is 16.4 Å². The van der Waals surface area contributed by atoms with Crippen molar-refractivity contribution in [3.05, 3.63) is 57.1 Å². The summed E-state index contributed by atoms with van der Waals surface area (Å²) < 4.78 is 0. The highest BCUT2D eigenvalue weighted by Crippen LogP contribution is 2.25. The first-order valence-corrected chi connectivity index (χ1v) is 9.99.